The van der Waals surface area contributed by atoms with Gasteiger partial charge in [-0.15, -0.1) is 0 Å². The van der Waals surface area contributed by atoms with E-state index in [0.717, 1.165) is 0 Å². The summed E-state index contributed by atoms with van der Waals surface area (Å²) >= 11 is 1.60. The molecule has 1 fully saturated rings. The van der Waals surface area contributed by atoms with E-state index in [9.17, 15) is 19.5 Å². The molecule has 0 bridgehead atoms. The maximum Gasteiger partial charge on any atom is 0.257 e. The van der Waals surface area contributed by atoms with Crippen LogP contribution in [0.4, 0.5) is 0 Å². The highest BCUT2D eigenvalue weighted by Crippen LogP contribution is 2.20. The number of para-hydroxylation sites is 2. The molecule has 8 nitrogen and oxygen atoms in total. The fraction of sp³-hybridized carbons (Fsp3) is 0.375. The number of carbonyl (C=O) groups excluding carboxylic acids is 3. The molecule has 1 unspecified atom stereocenters. The SMILES string of the molecule is COc1ccccc1C(=O)NC(CCSC)C(=O)N1CCN(C(=O)c2ccccc2O)CC1. The highest BCUT2D eigenvalue weighted by Gasteiger charge is 2.31. The van der Waals surface area contributed by atoms with Gasteiger partial charge in [0.2, 0.25) is 5.91 Å². The van der Waals surface area contributed by atoms with Crippen LogP contribution in [0.3, 0.4) is 0 Å². The third-order valence-electron chi connectivity index (χ3n) is 5.58. The van der Waals surface area contributed by atoms with Gasteiger partial charge < -0.3 is 25.0 Å². The lowest BCUT2D eigenvalue weighted by molar-refractivity contribution is -0.134. The Labute approximate surface area is 197 Å². The van der Waals surface area contributed by atoms with Crippen LogP contribution >= 0.6 is 11.8 Å². The number of piperazine rings is 1. The second-order valence-corrected chi connectivity index (χ2v) is 8.63. The predicted molar refractivity (Wildman–Crippen MR) is 128 cm³/mol. The Bertz CT molecular complexity index is 992. The monoisotopic (exact) mass is 471 g/mol. The summed E-state index contributed by atoms with van der Waals surface area (Å²) in [4.78, 5) is 42.2. The van der Waals surface area contributed by atoms with Gasteiger partial charge in [0.05, 0.1) is 18.2 Å². The quantitative estimate of drug-likeness (QED) is 0.613. The number of aromatic hydroxyl groups is 1. The molecule has 0 aromatic heterocycles. The first-order valence-electron chi connectivity index (χ1n) is 10.7. The van der Waals surface area contributed by atoms with E-state index in [1.54, 1.807) is 64.0 Å². The summed E-state index contributed by atoms with van der Waals surface area (Å²) in [5.41, 5.74) is 0.624. The molecule has 176 valence electrons. The Morgan fingerprint density at radius 1 is 1.00 bits per heavy atom. The van der Waals surface area contributed by atoms with Crippen molar-refractivity contribution < 1.29 is 24.2 Å². The first-order valence-corrected chi connectivity index (χ1v) is 12.1. The molecule has 1 aliphatic heterocycles. The highest BCUT2D eigenvalue weighted by atomic mass is 32.2. The van der Waals surface area contributed by atoms with Crippen LogP contribution in [0, 0.1) is 0 Å². The Morgan fingerprint density at radius 3 is 2.24 bits per heavy atom. The van der Waals surface area contributed by atoms with E-state index < -0.39 is 6.04 Å². The normalized spacial score (nSPS) is 14.5. The molecular weight excluding hydrogens is 442 g/mol. The number of methoxy groups -OCH3 is 1. The number of rotatable bonds is 8. The molecule has 3 rings (SSSR count). The Balaban J connectivity index is 1.65. The summed E-state index contributed by atoms with van der Waals surface area (Å²) in [6.45, 7) is 1.43. The molecule has 1 heterocycles. The second-order valence-electron chi connectivity index (χ2n) is 7.64. The maximum atomic E-state index is 13.3. The smallest absolute Gasteiger partial charge is 0.257 e. The topological polar surface area (TPSA) is 99.2 Å². The summed E-state index contributed by atoms with van der Waals surface area (Å²) in [7, 11) is 1.50. The molecule has 1 atom stereocenters. The second kappa shape index (κ2) is 11.6. The number of benzene rings is 2. The van der Waals surface area contributed by atoms with Crippen molar-refractivity contribution in [3.05, 3.63) is 59.7 Å². The Morgan fingerprint density at radius 2 is 1.61 bits per heavy atom. The number of nitrogens with zero attached hydrogens (tertiary/aromatic N) is 2. The van der Waals surface area contributed by atoms with Crippen molar-refractivity contribution in [1.29, 1.82) is 0 Å². The van der Waals surface area contributed by atoms with Crippen molar-refractivity contribution in [3.8, 4) is 11.5 Å². The van der Waals surface area contributed by atoms with Gasteiger partial charge in [-0.2, -0.15) is 11.8 Å². The molecule has 3 amide bonds. The third-order valence-corrected chi connectivity index (χ3v) is 6.22. The van der Waals surface area contributed by atoms with Gasteiger partial charge in [0.1, 0.15) is 17.5 Å². The van der Waals surface area contributed by atoms with Crippen LogP contribution < -0.4 is 10.1 Å². The van der Waals surface area contributed by atoms with E-state index in [0.29, 0.717) is 49.7 Å². The van der Waals surface area contributed by atoms with Crippen LogP contribution in [-0.4, -0.2) is 84.0 Å². The lowest BCUT2D eigenvalue weighted by Crippen LogP contribution is -2.56. The van der Waals surface area contributed by atoms with E-state index in [2.05, 4.69) is 5.32 Å². The van der Waals surface area contributed by atoms with Crippen LogP contribution in [0.15, 0.2) is 48.5 Å². The van der Waals surface area contributed by atoms with Gasteiger partial charge in [0.15, 0.2) is 0 Å². The van der Waals surface area contributed by atoms with Crippen LogP contribution in [-0.2, 0) is 4.79 Å². The van der Waals surface area contributed by atoms with Gasteiger partial charge in [0.25, 0.3) is 11.8 Å². The number of thioether (sulfide) groups is 1. The number of nitrogens with one attached hydrogen (secondary N) is 1. The number of phenols is 1. The van der Waals surface area contributed by atoms with Crippen LogP contribution in [0.2, 0.25) is 0 Å². The first kappa shape index (κ1) is 24.4. The summed E-state index contributed by atoms with van der Waals surface area (Å²) < 4.78 is 5.27. The molecule has 0 saturated carbocycles. The summed E-state index contributed by atoms with van der Waals surface area (Å²) in [5.74, 6) is 0.319. The van der Waals surface area contributed by atoms with E-state index in [1.165, 1.54) is 13.2 Å². The van der Waals surface area contributed by atoms with E-state index in [1.807, 2.05) is 6.26 Å². The molecule has 0 aliphatic carbocycles. The minimum atomic E-state index is -0.671. The van der Waals surface area contributed by atoms with Crippen molar-refractivity contribution in [2.75, 3.05) is 45.3 Å². The molecule has 2 aromatic rings. The fourth-order valence-electron chi connectivity index (χ4n) is 3.74. The third kappa shape index (κ3) is 5.98. The molecule has 0 radical (unpaired) electrons. The molecule has 1 saturated heterocycles. The lowest BCUT2D eigenvalue weighted by atomic mass is 10.1. The summed E-state index contributed by atoms with van der Waals surface area (Å²) in [6.07, 6.45) is 2.45. The first-order chi connectivity index (χ1) is 16.0. The van der Waals surface area contributed by atoms with Gasteiger partial charge in [0, 0.05) is 26.2 Å². The highest BCUT2D eigenvalue weighted by molar-refractivity contribution is 7.98. The van der Waals surface area contributed by atoms with Gasteiger partial charge in [-0.25, -0.2) is 0 Å². The molecule has 1 aliphatic rings. The van der Waals surface area contributed by atoms with Crippen molar-refractivity contribution in [1.82, 2.24) is 15.1 Å². The van der Waals surface area contributed by atoms with Crippen LogP contribution in [0.5, 0.6) is 11.5 Å². The standard InChI is InChI=1S/C24H29N3O5S/c1-32-21-10-6-4-8-18(21)22(29)25-19(11-16-33-2)24(31)27-14-12-26(13-15-27)23(30)17-7-3-5-9-20(17)28/h3-10,19,28H,11-16H2,1-2H3,(H,25,29). The Kier molecular flexibility index (Phi) is 8.59. The van der Waals surface area contributed by atoms with Crippen LogP contribution in [0.25, 0.3) is 0 Å². The summed E-state index contributed by atoms with van der Waals surface area (Å²) in [6, 6.07) is 12.6. The van der Waals surface area contributed by atoms with E-state index in [-0.39, 0.29) is 29.0 Å². The zero-order valence-corrected chi connectivity index (χ0v) is 19.6. The number of phenolic OH excluding ortho intramolecular Hbond substituents is 1. The number of ether oxygens (including phenoxy) is 1. The van der Waals surface area contributed by atoms with Gasteiger partial charge >= 0.3 is 0 Å². The zero-order valence-electron chi connectivity index (χ0n) is 18.8. The molecular formula is C24H29N3O5S. The van der Waals surface area contributed by atoms with Crippen LogP contribution in [0.1, 0.15) is 27.1 Å². The average molecular weight is 472 g/mol. The fourth-order valence-corrected chi connectivity index (χ4v) is 4.21. The molecule has 2 N–H and O–H groups in total. The number of hydrogen-bond acceptors (Lipinski definition) is 6. The zero-order chi connectivity index (χ0) is 23.8. The number of carbonyl (C=O) groups is 3. The average Bonchev–Trinajstić information content (AvgIpc) is 2.86. The van der Waals surface area contributed by atoms with Gasteiger partial charge in [-0.3, -0.25) is 14.4 Å². The van der Waals surface area contributed by atoms with Crippen molar-refractivity contribution >= 4 is 29.5 Å². The minimum absolute atomic E-state index is 0.0582. The lowest BCUT2D eigenvalue weighted by Gasteiger charge is -2.36. The predicted octanol–water partition coefficient (Wildman–Crippen LogP) is 2.24. The molecule has 33 heavy (non-hydrogen) atoms. The minimum Gasteiger partial charge on any atom is -0.507 e. The molecule has 9 heteroatoms. The van der Waals surface area contributed by atoms with Crippen molar-refractivity contribution in [2.45, 2.75) is 12.5 Å². The van der Waals surface area contributed by atoms with Crippen molar-refractivity contribution in [3.63, 3.8) is 0 Å². The maximum absolute atomic E-state index is 13.3. The van der Waals surface area contributed by atoms with Gasteiger partial charge in [-0.1, -0.05) is 24.3 Å². The van der Waals surface area contributed by atoms with E-state index in [4.69, 9.17) is 4.74 Å². The molecule has 0 spiro atoms. The van der Waals surface area contributed by atoms with Crippen molar-refractivity contribution in [2.24, 2.45) is 0 Å². The Hall–Kier alpha value is -3.20. The molecule has 2 aromatic carbocycles. The summed E-state index contributed by atoms with van der Waals surface area (Å²) in [5, 5.41) is 12.8. The number of amides is 3. The number of hydrogen-bond donors (Lipinski definition) is 2. The van der Waals surface area contributed by atoms with Gasteiger partial charge in [-0.05, 0) is 42.7 Å². The largest absolute Gasteiger partial charge is 0.507 e. The van der Waals surface area contributed by atoms with E-state index >= 15 is 0 Å².